The van der Waals surface area contributed by atoms with Crippen molar-refractivity contribution >= 4 is 15.9 Å². The van der Waals surface area contributed by atoms with Gasteiger partial charge in [-0.25, -0.2) is 9.18 Å². The normalized spacial score (nSPS) is 11.0. The van der Waals surface area contributed by atoms with Crippen molar-refractivity contribution < 1.29 is 13.3 Å². The van der Waals surface area contributed by atoms with Crippen molar-refractivity contribution in [1.29, 1.82) is 0 Å². The molecule has 0 spiro atoms. The lowest BCUT2D eigenvalue weighted by atomic mass is 10.1. The molecule has 136 valence electrons. The van der Waals surface area contributed by atoms with Gasteiger partial charge >= 0.3 is 5.76 Å². The fourth-order valence-electron chi connectivity index (χ4n) is 2.45. The van der Waals surface area contributed by atoms with Gasteiger partial charge in [0.2, 0.25) is 11.8 Å². The number of halogens is 2. The maximum Gasteiger partial charge on any atom is 0.437 e. The van der Waals surface area contributed by atoms with Crippen LogP contribution < -0.4 is 5.76 Å². The number of nitrogens with zero attached hydrogens (tertiary/aromatic N) is 4. The first-order valence-corrected chi connectivity index (χ1v) is 8.76. The van der Waals surface area contributed by atoms with E-state index in [-0.39, 0.29) is 18.3 Å². The lowest BCUT2D eigenvalue weighted by molar-refractivity contribution is 0.376. The van der Waals surface area contributed by atoms with Gasteiger partial charge in [-0.1, -0.05) is 33.2 Å². The molecule has 0 aliphatic rings. The van der Waals surface area contributed by atoms with Crippen molar-refractivity contribution in [2.24, 2.45) is 0 Å². The van der Waals surface area contributed by atoms with Gasteiger partial charge in [0.15, 0.2) is 5.82 Å². The van der Waals surface area contributed by atoms with Gasteiger partial charge in [-0.3, -0.25) is 0 Å². The van der Waals surface area contributed by atoms with Crippen LogP contribution in [0.2, 0.25) is 0 Å². The Morgan fingerprint density at radius 1 is 1.07 bits per heavy atom. The fraction of sp³-hybridized carbons (Fsp3) is 0.111. The molecule has 0 radical (unpaired) electrons. The lowest BCUT2D eigenvalue weighted by Gasteiger charge is -1.96. The summed E-state index contributed by atoms with van der Waals surface area (Å²) in [5.74, 6) is -0.205. The highest BCUT2D eigenvalue weighted by molar-refractivity contribution is 9.10. The Bertz CT molecular complexity index is 1120. The average molecular weight is 431 g/mol. The van der Waals surface area contributed by atoms with Crippen molar-refractivity contribution in [3.63, 3.8) is 0 Å². The maximum absolute atomic E-state index is 13.0. The van der Waals surface area contributed by atoms with E-state index in [0.717, 1.165) is 14.7 Å². The third kappa shape index (κ3) is 4.03. The van der Waals surface area contributed by atoms with Gasteiger partial charge in [-0.2, -0.15) is 9.67 Å². The maximum atomic E-state index is 13.0. The van der Waals surface area contributed by atoms with Gasteiger partial charge in [-0.15, -0.1) is 5.10 Å². The molecule has 2 heterocycles. The number of rotatable bonds is 5. The molecule has 0 aliphatic carbocycles. The minimum absolute atomic E-state index is 0.00731. The smallest absolute Gasteiger partial charge is 0.388 e. The molecule has 4 aromatic rings. The highest BCUT2D eigenvalue weighted by atomic mass is 79.9. The zero-order valence-electron chi connectivity index (χ0n) is 13.8. The zero-order chi connectivity index (χ0) is 18.8. The molecule has 0 unspecified atom stereocenters. The summed E-state index contributed by atoms with van der Waals surface area (Å²) < 4.78 is 25.4. The molecule has 0 aliphatic heterocycles. The van der Waals surface area contributed by atoms with E-state index in [1.54, 1.807) is 0 Å². The number of hydrogen-bond donors (Lipinski definition) is 0. The van der Waals surface area contributed by atoms with Gasteiger partial charge in [0.1, 0.15) is 12.4 Å². The van der Waals surface area contributed by atoms with Crippen LogP contribution in [0.4, 0.5) is 4.39 Å². The van der Waals surface area contributed by atoms with E-state index in [1.807, 2.05) is 24.3 Å². The van der Waals surface area contributed by atoms with E-state index >= 15 is 0 Å². The molecule has 0 amide bonds. The second-order valence-electron chi connectivity index (χ2n) is 5.75. The molecule has 7 nitrogen and oxygen atoms in total. The Kier molecular flexibility index (Phi) is 4.68. The number of hydrogen-bond acceptors (Lipinski definition) is 6. The van der Waals surface area contributed by atoms with E-state index in [0.29, 0.717) is 23.7 Å². The predicted molar refractivity (Wildman–Crippen MR) is 96.5 cm³/mol. The molecule has 0 N–H and O–H groups in total. The summed E-state index contributed by atoms with van der Waals surface area (Å²) in [5, 5.41) is 7.97. The van der Waals surface area contributed by atoms with Crippen LogP contribution in [0.3, 0.4) is 0 Å². The van der Waals surface area contributed by atoms with Gasteiger partial charge in [0.05, 0.1) is 6.42 Å². The second-order valence-corrected chi connectivity index (χ2v) is 6.66. The Morgan fingerprint density at radius 2 is 1.81 bits per heavy atom. The molecule has 27 heavy (non-hydrogen) atoms. The van der Waals surface area contributed by atoms with E-state index in [9.17, 15) is 9.18 Å². The van der Waals surface area contributed by atoms with Crippen molar-refractivity contribution in [2.45, 2.75) is 13.0 Å². The van der Waals surface area contributed by atoms with Gasteiger partial charge in [0.25, 0.3) is 0 Å². The third-order valence-corrected chi connectivity index (χ3v) is 4.30. The van der Waals surface area contributed by atoms with Crippen molar-refractivity contribution in [3.8, 4) is 11.5 Å². The highest BCUT2D eigenvalue weighted by Crippen LogP contribution is 2.16. The fourth-order valence-corrected chi connectivity index (χ4v) is 2.72. The van der Waals surface area contributed by atoms with Crippen LogP contribution in [0.5, 0.6) is 0 Å². The van der Waals surface area contributed by atoms with Crippen LogP contribution >= 0.6 is 15.9 Å². The lowest BCUT2D eigenvalue weighted by Crippen LogP contribution is -2.17. The largest absolute Gasteiger partial charge is 0.437 e. The monoisotopic (exact) mass is 430 g/mol. The van der Waals surface area contributed by atoms with Crippen molar-refractivity contribution in [2.75, 3.05) is 0 Å². The first-order chi connectivity index (χ1) is 13.1. The third-order valence-electron chi connectivity index (χ3n) is 3.77. The standard InChI is InChI=1S/C18H12BrFN4O3/c19-13-5-1-11(2-6-13)9-16-21-15(23-27-16)10-24-18(25)26-17(22-24)12-3-7-14(20)8-4-12/h1-8H,9-10H2. The molecule has 0 bridgehead atoms. The van der Waals surface area contributed by atoms with Crippen molar-refractivity contribution in [1.82, 2.24) is 19.9 Å². The van der Waals surface area contributed by atoms with E-state index in [2.05, 4.69) is 31.2 Å². The summed E-state index contributed by atoms with van der Waals surface area (Å²) >= 11 is 3.38. The minimum atomic E-state index is -0.659. The summed E-state index contributed by atoms with van der Waals surface area (Å²) in [6.45, 7) is 0.00731. The van der Waals surface area contributed by atoms with E-state index < -0.39 is 5.76 Å². The SMILES string of the molecule is O=c1oc(-c2ccc(F)cc2)nn1Cc1noc(Cc2ccc(Br)cc2)n1. The molecule has 0 saturated carbocycles. The summed E-state index contributed by atoms with van der Waals surface area (Å²) in [5.41, 5.74) is 1.52. The second kappa shape index (κ2) is 7.28. The quantitative estimate of drug-likeness (QED) is 0.481. The molecule has 2 aromatic carbocycles. The van der Waals surface area contributed by atoms with Crippen LogP contribution in [0.25, 0.3) is 11.5 Å². The molecule has 2 aromatic heterocycles. The van der Waals surface area contributed by atoms with Crippen LogP contribution in [0, 0.1) is 5.82 Å². The molecule has 4 rings (SSSR count). The van der Waals surface area contributed by atoms with Gasteiger partial charge < -0.3 is 8.94 Å². The molecule has 0 saturated heterocycles. The summed E-state index contributed by atoms with van der Waals surface area (Å²) in [6, 6.07) is 13.3. The van der Waals surface area contributed by atoms with Crippen LogP contribution in [0.1, 0.15) is 17.3 Å². The van der Waals surface area contributed by atoms with E-state index in [1.165, 1.54) is 24.3 Å². The first kappa shape index (κ1) is 17.3. The molecular formula is C18H12BrFN4O3. The van der Waals surface area contributed by atoms with Crippen molar-refractivity contribution in [3.05, 3.63) is 86.7 Å². The summed E-state index contributed by atoms with van der Waals surface area (Å²) in [7, 11) is 0. The van der Waals surface area contributed by atoms with Crippen LogP contribution in [-0.2, 0) is 13.0 Å². The summed E-state index contributed by atoms with van der Waals surface area (Å²) in [4.78, 5) is 16.3. The number of benzene rings is 2. The Hall–Kier alpha value is -3.07. The molecule has 9 heteroatoms. The molecule has 0 fully saturated rings. The highest BCUT2D eigenvalue weighted by Gasteiger charge is 2.14. The molecule has 0 atom stereocenters. The topological polar surface area (TPSA) is 87.0 Å². The zero-order valence-corrected chi connectivity index (χ0v) is 15.4. The molecular weight excluding hydrogens is 419 g/mol. The minimum Gasteiger partial charge on any atom is -0.388 e. The Labute approximate surface area is 160 Å². The van der Waals surface area contributed by atoms with Crippen LogP contribution in [-0.4, -0.2) is 19.9 Å². The Morgan fingerprint density at radius 3 is 2.56 bits per heavy atom. The van der Waals surface area contributed by atoms with Gasteiger partial charge in [0, 0.05) is 10.0 Å². The van der Waals surface area contributed by atoms with Gasteiger partial charge in [-0.05, 0) is 42.0 Å². The number of aromatic nitrogens is 4. The predicted octanol–water partition coefficient (Wildman–Crippen LogP) is 3.43. The van der Waals surface area contributed by atoms with Crippen LogP contribution in [0.15, 0.2) is 66.7 Å². The average Bonchev–Trinajstić information content (AvgIpc) is 3.25. The Balaban J connectivity index is 1.50. The summed E-state index contributed by atoms with van der Waals surface area (Å²) in [6.07, 6.45) is 0.481. The first-order valence-electron chi connectivity index (χ1n) is 7.96. The van der Waals surface area contributed by atoms with E-state index in [4.69, 9.17) is 8.94 Å².